The lowest BCUT2D eigenvalue weighted by Crippen LogP contribution is -2.04. The van der Waals surface area contributed by atoms with Crippen molar-refractivity contribution in [1.29, 1.82) is 0 Å². The molecule has 0 bridgehead atoms. The second-order valence-corrected chi connectivity index (χ2v) is 5.57. The summed E-state index contributed by atoms with van der Waals surface area (Å²) in [6, 6.07) is 10.9. The number of aliphatic carboxylic acids is 2. The van der Waals surface area contributed by atoms with Crippen molar-refractivity contribution in [2.24, 2.45) is 0 Å². The first kappa shape index (κ1) is 17.0. The Bertz CT molecular complexity index is 677. The van der Waals surface area contributed by atoms with Gasteiger partial charge in [0, 0.05) is 29.3 Å². The van der Waals surface area contributed by atoms with Crippen molar-refractivity contribution in [2.45, 2.75) is 25.7 Å². The topological polar surface area (TPSA) is 87.5 Å². The van der Waals surface area contributed by atoms with Gasteiger partial charge in [-0.1, -0.05) is 23.7 Å². The SMILES string of the molecule is O=C(O)CCc1cc(-c2ccc(Cl)cc2)cc(CCC(=O)O)n1. The van der Waals surface area contributed by atoms with Crippen molar-refractivity contribution in [3.05, 3.63) is 52.8 Å². The van der Waals surface area contributed by atoms with Gasteiger partial charge in [0.2, 0.25) is 0 Å². The monoisotopic (exact) mass is 333 g/mol. The molecule has 5 nitrogen and oxygen atoms in total. The molecule has 120 valence electrons. The number of aromatic nitrogens is 1. The second kappa shape index (κ2) is 7.74. The molecule has 0 unspecified atom stereocenters. The molecule has 0 fully saturated rings. The normalized spacial score (nSPS) is 10.5. The molecule has 0 aliphatic rings. The van der Waals surface area contributed by atoms with Crippen LogP contribution in [0.1, 0.15) is 24.2 Å². The number of hydrogen-bond donors (Lipinski definition) is 2. The van der Waals surface area contributed by atoms with E-state index >= 15 is 0 Å². The molecule has 23 heavy (non-hydrogen) atoms. The number of carboxylic acid groups (broad SMARTS) is 2. The van der Waals surface area contributed by atoms with Gasteiger partial charge >= 0.3 is 11.9 Å². The van der Waals surface area contributed by atoms with Gasteiger partial charge in [0.1, 0.15) is 0 Å². The van der Waals surface area contributed by atoms with Crippen molar-refractivity contribution in [3.8, 4) is 11.1 Å². The fourth-order valence-corrected chi connectivity index (χ4v) is 2.31. The number of rotatable bonds is 7. The molecule has 0 amide bonds. The number of hydrogen-bond acceptors (Lipinski definition) is 3. The summed E-state index contributed by atoms with van der Waals surface area (Å²) in [4.78, 5) is 25.9. The summed E-state index contributed by atoms with van der Waals surface area (Å²) in [6.07, 6.45) is 0.568. The summed E-state index contributed by atoms with van der Waals surface area (Å²) in [5.41, 5.74) is 3.07. The fourth-order valence-electron chi connectivity index (χ4n) is 2.18. The van der Waals surface area contributed by atoms with Gasteiger partial charge in [-0.25, -0.2) is 0 Å². The van der Waals surface area contributed by atoms with Gasteiger partial charge in [-0.05, 0) is 35.4 Å². The van der Waals surface area contributed by atoms with E-state index in [4.69, 9.17) is 21.8 Å². The fraction of sp³-hybridized carbons (Fsp3) is 0.235. The molecule has 2 aromatic rings. The third kappa shape index (κ3) is 5.38. The predicted molar refractivity (Wildman–Crippen MR) is 86.6 cm³/mol. The van der Waals surface area contributed by atoms with Crippen LogP contribution in [0.3, 0.4) is 0 Å². The van der Waals surface area contributed by atoms with Gasteiger partial charge in [-0.2, -0.15) is 0 Å². The minimum Gasteiger partial charge on any atom is -0.481 e. The average Bonchev–Trinajstić information content (AvgIpc) is 2.51. The lowest BCUT2D eigenvalue weighted by molar-refractivity contribution is -0.137. The Labute approximate surface area is 138 Å². The second-order valence-electron chi connectivity index (χ2n) is 5.13. The van der Waals surface area contributed by atoms with E-state index in [2.05, 4.69) is 4.98 Å². The van der Waals surface area contributed by atoms with E-state index in [9.17, 15) is 9.59 Å². The number of benzene rings is 1. The Morgan fingerprint density at radius 3 is 1.78 bits per heavy atom. The van der Waals surface area contributed by atoms with Crippen LogP contribution in [-0.4, -0.2) is 27.1 Å². The maximum atomic E-state index is 10.7. The molecular weight excluding hydrogens is 318 g/mol. The van der Waals surface area contributed by atoms with Gasteiger partial charge in [-0.3, -0.25) is 14.6 Å². The summed E-state index contributed by atoms with van der Waals surface area (Å²) in [5, 5.41) is 18.3. The average molecular weight is 334 g/mol. The first-order chi connectivity index (χ1) is 10.9. The summed E-state index contributed by atoms with van der Waals surface area (Å²) in [7, 11) is 0. The number of halogens is 1. The third-order valence-corrected chi connectivity index (χ3v) is 3.55. The van der Waals surface area contributed by atoms with E-state index in [-0.39, 0.29) is 12.8 Å². The Morgan fingerprint density at radius 2 is 1.35 bits per heavy atom. The van der Waals surface area contributed by atoms with Crippen LogP contribution < -0.4 is 0 Å². The summed E-state index contributed by atoms with van der Waals surface area (Å²) >= 11 is 5.89. The Hall–Kier alpha value is -2.40. The van der Waals surface area contributed by atoms with Crippen molar-refractivity contribution >= 4 is 23.5 Å². The highest BCUT2D eigenvalue weighted by molar-refractivity contribution is 6.30. The van der Waals surface area contributed by atoms with Crippen molar-refractivity contribution in [1.82, 2.24) is 4.98 Å². The molecule has 2 rings (SSSR count). The Morgan fingerprint density at radius 1 is 0.870 bits per heavy atom. The molecule has 0 spiro atoms. The number of nitrogens with zero attached hydrogens (tertiary/aromatic N) is 1. The molecule has 1 aromatic carbocycles. The zero-order chi connectivity index (χ0) is 16.8. The van der Waals surface area contributed by atoms with Gasteiger partial charge in [0.15, 0.2) is 0 Å². The minimum absolute atomic E-state index is 0.0184. The molecule has 0 saturated carbocycles. The molecule has 0 aliphatic carbocycles. The molecular formula is C17H16ClNO4. The quantitative estimate of drug-likeness (QED) is 0.810. The number of aryl methyl sites for hydroxylation is 2. The predicted octanol–water partition coefficient (Wildman–Crippen LogP) is 3.44. The van der Waals surface area contributed by atoms with Crippen molar-refractivity contribution in [3.63, 3.8) is 0 Å². The summed E-state index contributed by atoms with van der Waals surface area (Å²) < 4.78 is 0. The van der Waals surface area contributed by atoms with Crippen LogP contribution >= 0.6 is 11.6 Å². The van der Waals surface area contributed by atoms with Crippen LogP contribution in [0.2, 0.25) is 5.02 Å². The first-order valence-corrected chi connectivity index (χ1v) is 7.51. The zero-order valence-corrected chi connectivity index (χ0v) is 13.1. The van der Waals surface area contributed by atoms with Crippen molar-refractivity contribution in [2.75, 3.05) is 0 Å². The van der Waals surface area contributed by atoms with E-state index in [1.165, 1.54) is 0 Å². The first-order valence-electron chi connectivity index (χ1n) is 7.13. The molecule has 1 aromatic heterocycles. The zero-order valence-electron chi connectivity index (χ0n) is 12.3. The van der Waals surface area contributed by atoms with Gasteiger partial charge in [0.05, 0.1) is 12.8 Å². The van der Waals surface area contributed by atoms with E-state index in [1.807, 2.05) is 24.3 Å². The van der Waals surface area contributed by atoms with E-state index < -0.39 is 11.9 Å². The highest BCUT2D eigenvalue weighted by Gasteiger charge is 2.09. The molecule has 0 saturated heterocycles. The maximum Gasteiger partial charge on any atom is 0.303 e. The number of carboxylic acids is 2. The summed E-state index contributed by atoms with van der Waals surface area (Å²) in [5.74, 6) is -1.79. The highest BCUT2D eigenvalue weighted by atomic mass is 35.5. The minimum atomic E-state index is -0.893. The van der Waals surface area contributed by atoms with E-state index in [0.717, 1.165) is 11.1 Å². The van der Waals surface area contributed by atoms with Gasteiger partial charge in [0.25, 0.3) is 0 Å². The lowest BCUT2D eigenvalue weighted by atomic mass is 10.0. The number of carbonyl (C=O) groups is 2. The third-order valence-electron chi connectivity index (χ3n) is 3.30. The largest absolute Gasteiger partial charge is 0.481 e. The standard InChI is InChI=1S/C17H16ClNO4/c18-13-3-1-11(2-4-13)12-9-14(5-7-16(20)21)19-15(10-12)6-8-17(22)23/h1-4,9-10H,5-8H2,(H,20,21)(H,22,23). The number of pyridine rings is 1. The molecule has 1 heterocycles. The molecule has 0 atom stereocenters. The molecule has 0 radical (unpaired) electrons. The maximum absolute atomic E-state index is 10.7. The molecule has 0 aliphatic heterocycles. The van der Waals surface area contributed by atoms with Gasteiger partial charge in [-0.15, -0.1) is 0 Å². The van der Waals surface area contributed by atoms with Crippen LogP contribution in [0.5, 0.6) is 0 Å². The van der Waals surface area contributed by atoms with Crippen LogP contribution in [0.4, 0.5) is 0 Å². The highest BCUT2D eigenvalue weighted by Crippen LogP contribution is 2.24. The van der Waals surface area contributed by atoms with Crippen LogP contribution in [0.25, 0.3) is 11.1 Å². The molecule has 2 N–H and O–H groups in total. The van der Waals surface area contributed by atoms with E-state index in [0.29, 0.717) is 29.3 Å². The van der Waals surface area contributed by atoms with E-state index in [1.54, 1.807) is 12.1 Å². The molecule has 6 heteroatoms. The van der Waals surface area contributed by atoms with Gasteiger partial charge < -0.3 is 10.2 Å². The smallest absolute Gasteiger partial charge is 0.303 e. The van der Waals surface area contributed by atoms with Crippen LogP contribution in [0.15, 0.2) is 36.4 Å². The summed E-state index contributed by atoms with van der Waals surface area (Å²) in [6.45, 7) is 0. The Balaban J connectivity index is 2.32. The Kier molecular flexibility index (Phi) is 5.71. The van der Waals surface area contributed by atoms with Crippen molar-refractivity contribution < 1.29 is 19.8 Å². The van der Waals surface area contributed by atoms with Crippen LogP contribution in [-0.2, 0) is 22.4 Å². The van der Waals surface area contributed by atoms with Crippen LogP contribution in [0, 0.1) is 0 Å². The lowest BCUT2D eigenvalue weighted by Gasteiger charge is -2.09.